The van der Waals surface area contributed by atoms with Crippen molar-refractivity contribution in [2.24, 2.45) is 11.8 Å². The van der Waals surface area contributed by atoms with E-state index in [0.717, 1.165) is 28.7 Å². The Morgan fingerprint density at radius 1 is 1.05 bits per heavy atom. The Bertz CT molecular complexity index is 508. The highest BCUT2D eigenvalue weighted by Crippen LogP contribution is 2.35. The van der Waals surface area contributed by atoms with E-state index in [0.29, 0.717) is 12.8 Å². The van der Waals surface area contributed by atoms with Crippen molar-refractivity contribution in [2.75, 3.05) is 0 Å². The number of Topliss-reactive ketones (excluding diaryl/α,β-unsaturated/α-hetero) is 1. The van der Waals surface area contributed by atoms with Gasteiger partial charge in [-0.2, -0.15) is 0 Å². The van der Waals surface area contributed by atoms with Crippen molar-refractivity contribution >= 4 is 11.8 Å². The second-order valence-corrected chi connectivity index (χ2v) is 5.62. The van der Waals surface area contributed by atoms with Crippen molar-refractivity contribution in [3.8, 4) is 0 Å². The minimum atomic E-state index is -0.835. The molecule has 2 atom stereocenters. The third-order valence-corrected chi connectivity index (χ3v) is 4.09. The molecule has 2 rings (SSSR count). The summed E-state index contributed by atoms with van der Waals surface area (Å²) in [6.45, 7) is 5.86. The molecular formula is C16H20O3. The molecule has 1 fully saturated rings. The molecule has 0 bridgehead atoms. The normalized spacial score (nSPS) is 22.5. The van der Waals surface area contributed by atoms with E-state index in [2.05, 4.69) is 0 Å². The third-order valence-electron chi connectivity index (χ3n) is 4.09. The molecule has 0 radical (unpaired) electrons. The fraction of sp³-hybridized carbons (Fsp3) is 0.500. The Labute approximate surface area is 113 Å². The van der Waals surface area contributed by atoms with Gasteiger partial charge in [-0.1, -0.05) is 24.1 Å². The smallest absolute Gasteiger partial charge is 0.307 e. The molecule has 1 N–H and O–H groups in total. The number of rotatable bonds is 3. The minimum Gasteiger partial charge on any atom is -0.481 e. The molecule has 19 heavy (non-hydrogen) atoms. The maximum Gasteiger partial charge on any atom is 0.307 e. The largest absolute Gasteiger partial charge is 0.481 e. The minimum absolute atomic E-state index is 0.0138. The lowest BCUT2D eigenvalue weighted by molar-refractivity contribution is -0.142. The van der Waals surface area contributed by atoms with Crippen molar-refractivity contribution in [3.63, 3.8) is 0 Å². The van der Waals surface area contributed by atoms with Crippen LogP contribution >= 0.6 is 0 Å². The summed E-state index contributed by atoms with van der Waals surface area (Å²) in [6.07, 6.45) is 2.15. The molecule has 3 nitrogen and oxygen atoms in total. The second kappa shape index (κ2) is 5.16. The fourth-order valence-electron chi connectivity index (χ4n) is 3.32. The molecule has 1 aromatic rings. The number of aryl methyl sites for hydroxylation is 3. The SMILES string of the molecule is Cc1cc(C)c(C(=O)C2CCCC2C(=O)O)c(C)c1. The molecule has 1 aliphatic carbocycles. The average Bonchev–Trinajstić information content (AvgIpc) is 2.75. The van der Waals surface area contributed by atoms with Crippen molar-refractivity contribution < 1.29 is 14.7 Å². The topological polar surface area (TPSA) is 54.4 Å². The van der Waals surface area contributed by atoms with Gasteiger partial charge >= 0.3 is 5.97 Å². The van der Waals surface area contributed by atoms with Crippen LogP contribution in [0.15, 0.2) is 12.1 Å². The van der Waals surface area contributed by atoms with Gasteiger partial charge in [0, 0.05) is 11.5 Å². The molecular weight excluding hydrogens is 240 g/mol. The van der Waals surface area contributed by atoms with Gasteiger partial charge in [0.05, 0.1) is 5.92 Å². The molecule has 1 saturated carbocycles. The van der Waals surface area contributed by atoms with E-state index in [1.165, 1.54) is 0 Å². The van der Waals surface area contributed by atoms with Crippen molar-refractivity contribution in [2.45, 2.75) is 40.0 Å². The van der Waals surface area contributed by atoms with E-state index in [9.17, 15) is 14.7 Å². The van der Waals surface area contributed by atoms with Gasteiger partial charge in [-0.25, -0.2) is 0 Å². The Morgan fingerprint density at radius 3 is 2.11 bits per heavy atom. The average molecular weight is 260 g/mol. The summed E-state index contributed by atoms with van der Waals surface area (Å²) in [5.74, 6) is -1.68. The van der Waals surface area contributed by atoms with Gasteiger partial charge in [0.1, 0.15) is 0 Å². The van der Waals surface area contributed by atoms with Gasteiger partial charge in [0.25, 0.3) is 0 Å². The van der Waals surface area contributed by atoms with E-state index >= 15 is 0 Å². The highest BCUT2D eigenvalue weighted by molar-refractivity contribution is 6.02. The van der Waals surface area contributed by atoms with Gasteiger partial charge in [0.2, 0.25) is 0 Å². The van der Waals surface area contributed by atoms with Crippen LogP contribution in [0.5, 0.6) is 0 Å². The predicted molar refractivity (Wildman–Crippen MR) is 73.5 cm³/mol. The quantitative estimate of drug-likeness (QED) is 0.848. The highest BCUT2D eigenvalue weighted by Gasteiger charge is 2.38. The summed E-state index contributed by atoms with van der Waals surface area (Å²) in [6, 6.07) is 3.98. The number of hydrogen-bond acceptors (Lipinski definition) is 2. The Balaban J connectivity index is 2.37. The Morgan fingerprint density at radius 2 is 1.58 bits per heavy atom. The van der Waals surface area contributed by atoms with Crippen molar-refractivity contribution in [3.05, 3.63) is 34.4 Å². The number of hydrogen-bond donors (Lipinski definition) is 1. The number of carboxylic acids is 1. The monoisotopic (exact) mass is 260 g/mol. The molecule has 102 valence electrons. The summed E-state index contributed by atoms with van der Waals surface area (Å²) < 4.78 is 0. The summed E-state index contributed by atoms with van der Waals surface area (Å²) in [4.78, 5) is 23.9. The lowest BCUT2D eigenvalue weighted by atomic mass is 9.84. The molecule has 1 aliphatic rings. The first kappa shape index (κ1) is 13.8. The summed E-state index contributed by atoms with van der Waals surface area (Å²) in [7, 11) is 0. The summed E-state index contributed by atoms with van der Waals surface area (Å²) >= 11 is 0. The van der Waals surface area contributed by atoms with E-state index in [1.54, 1.807) is 0 Å². The van der Waals surface area contributed by atoms with Gasteiger partial charge < -0.3 is 5.11 Å². The third kappa shape index (κ3) is 2.55. The maximum atomic E-state index is 12.7. The van der Waals surface area contributed by atoms with Crippen LogP contribution in [0.1, 0.15) is 46.3 Å². The molecule has 3 heteroatoms. The molecule has 1 aromatic carbocycles. The van der Waals surface area contributed by atoms with Gasteiger partial charge in [0.15, 0.2) is 5.78 Å². The number of carbonyl (C=O) groups excluding carboxylic acids is 1. The zero-order chi connectivity index (χ0) is 14.2. The summed E-state index contributed by atoms with van der Waals surface area (Å²) in [5, 5.41) is 9.21. The van der Waals surface area contributed by atoms with Crippen LogP contribution in [0, 0.1) is 32.6 Å². The van der Waals surface area contributed by atoms with E-state index in [4.69, 9.17) is 0 Å². The van der Waals surface area contributed by atoms with Gasteiger partial charge in [-0.05, 0) is 44.7 Å². The van der Waals surface area contributed by atoms with Crippen LogP contribution in [-0.4, -0.2) is 16.9 Å². The Kier molecular flexibility index (Phi) is 3.74. The molecule has 0 saturated heterocycles. The summed E-state index contributed by atoms with van der Waals surface area (Å²) in [5.41, 5.74) is 3.77. The molecule has 0 heterocycles. The van der Waals surface area contributed by atoms with Crippen LogP contribution in [0.4, 0.5) is 0 Å². The van der Waals surface area contributed by atoms with Crippen molar-refractivity contribution in [1.29, 1.82) is 0 Å². The second-order valence-electron chi connectivity index (χ2n) is 5.62. The van der Waals surface area contributed by atoms with Crippen LogP contribution < -0.4 is 0 Å². The number of ketones is 1. The molecule has 0 aliphatic heterocycles. The zero-order valence-electron chi connectivity index (χ0n) is 11.7. The number of aliphatic carboxylic acids is 1. The lowest BCUT2D eigenvalue weighted by Gasteiger charge is -2.18. The molecule has 2 unspecified atom stereocenters. The predicted octanol–water partition coefficient (Wildman–Crippen LogP) is 3.30. The first-order valence-corrected chi connectivity index (χ1v) is 6.76. The van der Waals surface area contributed by atoms with Gasteiger partial charge in [-0.15, -0.1) is 0 Å². The van der Waals surface area contributed by atoms with Crippen LogP contribution in [0.3, 0.4) is 0 Å². The van der Waals surface area contributed by atoms with Gasteiger partial charge in [-0.3, -0.25) is 9.59 Å². The van der Waals surface area contributed by atoms with Crippen LogP contribution in [0.25, 0.3) is 0 Å². The molecule has 0 amide bonds. The number of benzene rings is 1. The Hall–Kier alpha value is -1.64. The first-order chi connectivity index (χ1) is 8.91. The molecule has 0 spiro atoms. The van der Waals surface area contributed by atoms with E-state index < -0.39 is 11.9 Å². The van der Waals surface area contributed by atoms with E-state index in [-0.39, 0.29) is 11.7 Å². The first-order valence-electron chi connectivity index (χ1n) is 6.76. The maximum absolute atomic E-state index is 12.7. The zero-order valence-corrected chi connectivity index (χ0v) is 11.7. The van der Waals surface area contributed by atoms with Crippen LogP contribution in [0.2, 0.25) is 0 Å². The van der Waals surface area contributed by atoms with Crippen LogP contribution in [-0.2, 0) is 4.79 Å². The van der Waals surface area contributed by atoms with E-state index in [1.807, 2.05) is 32.9 Å². The molecule has 0 aromatic heterocycles. The standard InChI is InChI=1S/C16H20O3/c1-9-7-10(2)14(11(3)8-9)15(17)12-5-4-6-13(12)16(18)19/h7-8,12-13H,4-6H2,1-3H3,(H,18,19). The van der Waals surface area contributed by atoms with Crippen molar-refractivity contribution in [1.82, 2.24) is 0 Å². The highest BCUT2D eigenvalue weighted by atomic mass is 16.4. The number of carboxylic acid groups (broad SMARTS) is 1. The lowest BCUT2D eigenvalue weighted by Crippen LogP contribution is -2.26. The number of carbonyl (C=O) groups is 2. The fourth-order valence-corrected chi connectivity index (χ4v) is 3.32.